The van der Waals surface area contributed by atoms with E-state index in [-0.39, 0.29) is 22.2 Å². The van der Waals surface area contributed by atoms with Gasteiger partial charge in [-0.2, -0.15) is 0 Å². The van der Waals surface area contributed by atoms with Crippen LogP contribution in [0.2, 0.25) is 0 Å². The van der Waals surface area contributed by atoms with Gasteiger partial charge in [-0.25, -0.2) is 8.42 Å². The summed E-state index contributed by atoms with van der Waals surface area (Å²) in [5.74, 6) is 0.0396. The molecule has 2 aliphatic carbocycles. The van der Waals surface area contributed by atoms with Crippen molar-refractivity contribution in [1.29, 1.82) is 0 Å². The maximum absolute atomic E-state index is 13.4. The van der Waals surface area contributed by atoms with Crippen LogP contribution < -0.4 is 9.62 Å². The van der Waals surface area contributed by atoms with Gasteiger partial charge in [0.15, 0.2) is 5.82 Å². The Hall–Kier alpha value is -3.08. The van der Waals surface area contributed by atoms with Gasteiger partial charge < -0.3 is 10.4 Å². The zero-order valence-electron chi connectivity index (χ0n) is 18.3. The minimum atomic E-state index is -4.13. The minimum absolute atomic E-state index is 0.0130. The molecule has 3 aromatic rings. The van der Waals surface area contributed by atoms with Gasteiger partial charge in [0.1, 0.15) is 17.6 Å². The van der Waals surface area contributed by atoms with Crippen molar-refractivity contribution in [2.24, 2.45) is 0 Å². The number of aromatic nitrogens is 3. The van der Waals surface area contributed by atoms with Gasteiger partial charge in [0.25, 0.3) is 0 Å². The zero-order chi connectivity index (χ0) is 24.7. The van der Waals surface area contributed by atoms with Crippen molar-refractivity contribution in [1.82, 2.24) is 14.8 Å². The fourth-order valence-corrected chi connectivity index (χ4v) is 6.47. The van der Waals surface area contributed by atoms with E-state index in [1.807, 2.05) is 16.7 Å². The molecule has 0 aliphatic heterocycles. The number of sulfonamides is 1. The number of carbonyl (C=O) groups is 1. The summed E-state index contributed by atoms with van der Waals surface area (Å²) in [5.41, 5.74) is 0.994. The number of anilines is 2. The third kappa shape index (κ3) is 5.00. The molecule has 5 rings (SSSR count). The first-order valence-corrected chi connectivity index (χ1v) is 13.1. The van der Waals surface area contributed by atoms with Crippen molar-refractivity contribution in [3.63, 3.8) is 0 Å². The molecule has 0 amide bonds. The van der Waals surface area contributed by atoms with Crippen LogP contribution in [0.5, 0.6) is 0 Å². The molecule has 0 spiro atoms. The van der Waals surface area contributed by atoms with E-state index in [2.05, 4.69) is 15.5 Å². The maximum atomic E-state index is 13.4. The van der Waals surface area contributed by atoms with Crippen LogP contribution in [0.15, 0.2) is 64.8 Å². The molecule has 1 unspecified atom stereocenters. The molecule has 1 saturated carbocycles. The number of halogens is 2. The topological polar surface area (TPSA) is 117 Å². The standard InChI is InChI=1S/C23H21Cl2N5O4S/c24-15-10-16(25)12-19(11-15)35(33,34)30(13-23(31)32)18-3-4-20-14(9-18)7-8-29(20)22-6-5-21(27-28-22)26-17-1-2-17/h3-11,17,19H,1-2,12-13H2,(H,26,27)(H,31,32). The van der Waals surface area contributed by atoms with Crippen LogP contribution in [0, 0.1) is 0 Å². The highest BCUT2D eigenvalue weighted by Crippen LogP contribution is 2.33. The van der Waals surface area contributed by atoms with Crippen molar-refractivity contribution in [3.05, 3.63) is 64.8 Å². The van der Waals surface area contributed by atoms with Crippen LogP contribution in [-0.4, -0.2) is 52.1 Å². The maximum Gasteiger partial charge on any atom is 0.324 e. The van der Waals surface area contributed by atoms with Crippen LogP contribution in [-0.2, 0) is 14.8 Å². The van der Waals surface area contributed by atoms with E-state index in [1.165, 1.54) is 12.2 Å². The molecule has 1 atom stereocenters. The highest BCUT2D eigenvalue weighted by molar-refractivity contribution is 7.93. The van der Waals surface area contributed by atoms with E-state index in [4.69, 9.17) is 23.2 Å². The van der Waals surface area contributed by atoms with Gasteiger partial charge in [0.2, 0.25) is 10.0 Å². The number of fused-ring (bicyclic) bond motifs is 1. The first kappa shape index (κ1) is 23.7. The van der Waals surface area contributed by atoms with E-state index in [0.29, 0.717) is 17.2 Å². The average Bonchev–Trinajstić information content (AvgIpc) is 3.52. The Kier molecular flexibility index (Phi) is 6.20. The molecule has 2 aliphatic rings. The van der Waals surface area contributed by atoms with Gasteiger partial charge in [0, 0.05) is 34.1 Å². The number of nitrogens with one attached hydrogen (secondary N) is 1. The Labute approximate surface area is 211 Å². The van der Waals surface area contributed by atoms with Gasteiger partial charge in [-0.15, -0.1) is 10.2 Å². The lowest BCUT2D eigenvalue weighted by molar-refractivity contribution is -0.135. The number of aliphatic carboxylic acids is 1. The van der Waals surface area contributed by atoms with Crippen molar-refractivity contribution in [2.75, 3.05) is 16.2 Å². The smallest absolute Gasteiger partial charge is 0.324 e. The first-order valence-electron chi connectivity index (χ1n) is 10.9. The lowest BCUT2D eigenvalue weighted by Crippen LogP contribution is -2.41. The van der Waals surface area contributed by atoms with Gasteiger partial charge in [-0.05, 0) is 61.4 Å². The second-order valence-electron chi connectivity index (χ2n) is 8.45. The number of rotatable bonds is 8. The van der Waals surface area contributed by atoms with E-state index in [0.717, 1.165) is 28.5 Å². The highest BCUT2D eigenvalue weighted by Gasteiger charge is 2.34. The lowest BCUT2D eigenvalue weighted by Gasteiger charge is -2.28. The molecule has 2 N–H and O–H groups in total. The summed E-state index contributed by atoms with van der Waals surface area (Å²) in [6.45, 7) is -0.737. The third-order valence-electron chi connectivity index (χ3n) is 5.79. The van der Waals surface area contributed by atoms with Crippen LogP contribution in [0.25, 0.3) is 16.7 Å². The molecule has 182 valence electrons. The number of nitrogens with zero attached hydrogens (tertiary/aromatic N) is 4. The molecule has 12 heteroatoms. The zero-order valence-corrected chi connectivity index (χ0v) is 20.6. The Balaban J connectivity index is 1.47. The number of allylic oxidation sites excluding steroid dienone is 3. The predicted molar refractivity (Wildman–Crippen MR) is 136 cm³/mol. The van der Waals surface area contributed by atoms with Crippen LogP contribution >= 0.6 is 23.2 Å². The SMILES string of the molecule is O=C(O)CN(c1ccc2c(ccn2-c2ccc(NC3CC3)nn2)c1)S(=O)(=O)C1C=C(Cl)C=C(Cl)C1. The van der Waals surface area contributed by atoms with Crippen LogP contribution in [0.4, 0.5) is 11.5 Å². The number of carboxylic acid groups (broad SMARTS) is 1. The predicted octanol–water partition coefficient (Wildman–Crippen LogP) is 4.23. The number of hydrogen-bond acceptors (Lipinski definition) is 6. The van der Waals surface area contributed by atoms with Crippen molar-refractivity contribution >= 4 is 61.6 Å². The molecular formula is C23H21Cl2N5O4S. The van der Waals surface area contributed by atoms with E-state index < -0.39 is 27.8 Å². The van der Waals surface area contributed by atoms with Crippen molar-refractivity contribution < 1.29 is 18.3 Å². The largest absolute Gasteiger partial charge is 0.480 e. The summed E-state index contributed by atoms with van der Waals surface area (Å²) in [6, 6.07) is 10.9. The molecule has 1 fully saturated rings. The molecule has 35 heavy (non-hydrogen) atoms. The summed E-state index contributed by atoms with van der Waals surface area (Å²) < 4.78 is 29.6. The summed E-state index contributed by atoms with van der Waals surface area (Å²) in [6.07, 6.45) is 6.93. The Morgan fingerprint density at radius 1 is 1.17 bits per heavy atom. The van der Waals surface area contributed by atoms with Crippen LogP contribution in [0.1, 0.15) is 19.3 Å². The highest BCUT2D eigenvalue weighted by atomic mass is 35.5. The summed E-state index contributed by atoms with van der Waals surface area (Å²) in [5, 5.41) is 21.4. The number of carboxylic acids is 1. The number of hydrogen-bond donors (Lipinski definition) is 2. The average molecular weight is 534 g/mol. The van der Waals surface area contributed by atoms with Gasteiger partial charge in [0.05, 0.1) is 11.2 Å². The Morgan fingerprint density at radius 2 is 1.97 bits per heavy atom. The van der Waals surface area contributed by atoms with Crippen molar-refractivity contribution in [2.45, 2.75) is 30.6 Å². The van der Waals surface area contributed by atoms with Gasteiger partial charge >= 0.3 is 5.97 Å². The quantitative estimate of drug-likeness (QED) is 0.444. The van der Waals surface area contributed by atoms with Crippen molar-refractivity contribution in [3.8, 4) is 5.82 Å². The monoisotopic (exact) mass is 533 g/mol. The fraction of sp³-hybridized carbons (Fsp3) is 0.261. The van der Waals surface area contributed by atoms with Gasteiger partial charge in [-0.1, -0.05) is 23.2 Å². The molecular weight excluding hydrogens is 513 g/mol. The van der Waals surface area contributed by atoms with Gasteiger partial charge in [-0.3, -0.25) is 13.7 Å². The van der Waals surface area contributed by atoms with E-state index in [1.54, 1.807) is 30.5 Å². The second kappa shape index (κ2) is 9.18. The molecule has 0 radical (unpaired) electrons. The molecule has 2 aromatic heterocycles. The number of benzene rings is 1. The normalized spacial score (nSPS) is 18.2. The first-order chi connectivity index (χ1) is 16.7. The molecule has 0 bridgehead atoms. The molecule has 0 saturated heterocycles. The second-order valence-corrected chi connectivity index (χ2v) is 11.5. The molecule has 9 nitrogen and oxygen atoms in total. The van der Waals surface area contributed by atoms with E-state index >= 15 is 0 Å². The molecule has 2 heterocycles. The third-order valence-corrected chi connectivity index (χ3v) is 8.31. The minimum Gasteiger partial charge on any atom is -0.480 e. The Morgan fingerprint density at radius 3 is 2.63 bits per heavy atom. The summed E-state index contributed by atoms with van der Waals surface area (Å²) in [7, 11) is -4.13. The van der Waals surface area contributed by atoms with Crippen LogP contribution in [0.3, 0.4) is 0 Å². The summed E-state index contributed by atoms with van der Waals surface area (Å²) in [4.78, 5) is 11.6. The molecule has 1 aromatic carbocycles. The Bertz CT molecular complexity index is 1460. The lowest BCUT2D eigenvalue weighted by atomic mass is 10.2. The van der Waals surface area contributed by atoms with E-state index in [9.17, 15) is 18.3 Å². The fourth-order valence-electron chi connectivity index (χ4n) is 3.94. The summed E-state index contributed by atoms with van der Waals surface area (Å²) >= 11 is 12.1.